The van der Waals surface area contributed by atoms with Crippen LogP contribution in [0.25, 0.3) is 10.9 Å². The first-order valence-electron chi connectivity index (χ1n) is 9.61. The van der Waals surface area contributed by atoms with Crippen molar-refractivity contribution < 1.29 is 30.4 Å². The van der Waals surface area contributed by atoms with Gasteiger partial charge in [-0.25, -0.2) is 0 Å². The summed E-state index contributed by atoms with van der Waals surface area (Å²) in [4.78, 5) is -2.16. The van der Waals surface area contributed by atoms with E-state index in [-0.39, 0.29) is 27.9 Å². The fourth-order valence-electron chi connectivity index (χ4n) is 1.73. The van der Waals surface area contributed by atoms with Crippen molar-refractivity contribution in [3.05, 3.63) is 30.5 Å². The molecule has 0 radical (unpaired) electrons. The largest absolute Gasteiger partial charge is 0.346 e. The number of nitrogens with zero attached hydrogens (tertiary/aromatic N) is 2. The highest BCUT2D eigenvalue weighted by Crippen LogP contribution is 3.02. The topological polar surface area (TPSA) is 8.17 Å². The third-order valence-corrected chi connectivity index (χ3v) is 3.97. The van der Waals surface area contributed by atoms with Gasteiger partial charge in [-0.1, -0.05) is 19.4 Å². The first-order chi connectivity index (χ1) is 12.5. The molecule has 0 unspecified atom stereocenters. The van der Waals surface area contributed by atoms with E-state index in [0.717, 1.165) is 19.2 Å². The van der Waals surface area contributed by atoms with Gasteiger partial charge in [-0.2, -0.15) is 0 Å². The fourth-order valence-corrected chi connectivity index (χ4v) is 2.41. The van der Waals surface area contributed by atoms with Crippen LogP contribution in [-0.2, 0) is 6.50 Å². The molecule has 0 N–H and O–H groups in total. The molecule has 8 heteroatoms. The molecule has 0 amide bonds. The molecule has 0 saturated carbocycles. The molecule has 1 aromatic carbocycles. The van der Waals surface area contributed by atoms with Crippen LogP contribution < -0.4 is 0 Å². The number of hydrogen-bond acceptors (Lipinski definition) is 1. The summed E-state index contributed by atoms with van der Waals surface area (Å²) >= 11 is 0. The summed E-state index contributed by atoms with van der Waals surface area (Å²) in [6.45, 7) is -8.17. The van der Waals surface area contributed by atoms with Crippen LogP contribution >= 0.6 is 10.2 Å². The summed E-state index contributed by atoms with van der Waals surface area (Å²) in [5, 5.41) is -0.374. The lowest BCUT2D eigenvalue weighted by atomic mass is 10.2. The molecule has 0 saturated heterocycles. The van der Waals surface area contributed by atoms with Crippen LogP contribution in [0.3, 0.4) is 0 Å². The van der Waals surface area contributed by atoms with Crippen LogP contribution in [0.2, 0.25) is 0 Å². The lowest BCUT2D eigenvalue weighted by Gasteiger charge is -2.40. The summed E-state index contributed by atoms with van der Waals surface area (Å²) in [6, 6.07) is 0.0453. The zero-order valence-electron chi connectivity index (χ0n) is 18.7. The van der Waals surface area contributed by atoms with E-state index in [2.05, 4.69) is 0 Å². The van der Waals surface area contributed by atoms with Gasteiger partial charge in [-0.15, -0.1) is 0 Å². The summed E-state index contributed by atoms with van der Waals surface area (Å²) in [6.07, 6.45) is 0.938. The van der Waals surface area contributed by atoms with Crippen LogP contribution in [0.1, 0.15) is 17.9 Å². The van der Waals surface area contributed by atoms with Crippen molar-refractivity contribution in [3.63, 3.8) is 0 Å². The van der Waals surface area contributed by atoms with Gasteiger partial charge in [0, 0.05) is 37.9 Å². The normalized spacial score (nSPS) is 25.3. The second-order valence-corrected chi connectivity index (χ2v) is 6.96. The maximum absolute atomic E-state index is 13.0. The van der Waals surface area contributed by atoms with Crippen molar-refractivity contribution in [2.45, 2.75) is 24.4 Å². The predicted molar refractivity (Wildman–Crippen MR) is 76.5 cm³/mol. The molecular weight excluding hydrogens is 311 g/mol. The number of likely N-dealkylation sites (N-methyl/N-ethyl adjacent to an activating group) is 1. The van der Waals surface area contributed by atoms with Gasteiger partial charge in [-0.3, -0.25) is 0 Å². The van der Waals surface area contributed by atoms with E-state index >= 15 is 0 Å². The Labute approximate surface area is 131 Å². The predicted octanol–water partition coefficient (Wildman–Crippen LogP) is 5.25. The van der Waals surface area contributed by atoms with Crippen LogP contribution in [0, 0.1) is 0 Å². The highest BCUT2D eigenvalue weighted by atomic mass is 32.5. The number of rotatable bonds is 4. The lowest BCUT2D eigenvalue weighted by molar-refractivity contribution is 0.286. The highest BCUT2D eigenvalue weighted by molar-refractivity contribution is 8.45. The zero-order chi connectivity index (χ0) is 22.9. The minimum absolute atomic E-state index is 0.00505. The number of halogens is 5. The van der Waals surface area contributed by atoms with Crippen LogP contribution in [0.4, 0.5) is 19.4 Å². The minimum atomic E-state index is -9.95. The average Bonchev–Trinajstić information content (AvgIpc) is 2.85. The minimum Gasteiger partial charge on any atom is -0.346 e. The van der Waals surface area contributed by atoms with Crippen LogP contribution in [-0.4, -0.2) is 29.5 Å². The molecule has 120 valence electrons. The molecule has 21 heavy (non-hydrogen) atoms. The van der Waals surface area contributed by atoms with Gasteiger partial charge >= 0.3 is 10.2 Å². The number of hydrogen-bond donors (Lipinski definition) is 0. The van der Waals surface area contributed by atoms with Gasteiger partial charge in [-0.05, 0) is 45.1 Å². The monoisotopic (exact) mass is 336 g/mol. The molecular formula is C13H17F5N2S. The molecule has 2 rings (SSSR count). The molecule has 0 aliphatic rings. The maximum atomic E-state index is 13.0. The molecule has 2 aromatic rings. The van der Waals surface area contributed by atoms with E-state index in [1.807, 2.05) is 0 Å². The van der Waals surface area contributed by atoms with Gasteiger partial charge in [0.25, 0.3) is 0 Å². The second kappa shape index (κ2) is 4.13. The Hall–Kier alpha value is -1.28. The summed E-state index contributed by atoms with van der Waals surface area (Å²) in [5.41, 5.74) is -0.247. The van der Waals surface area contributed by atoms with E-state index in [1.165, 1.54) is 0 Å². The van der Waals surface area contributed by atoms with E-state index in [0.29, 0.717) is 10.6 Å². The first kappa shape index (κ1) is 8.38. The van der Waals surface area contributed by atoms with Crippen molar-refractivity contribution in [1.82, 2.24) is 9.47 Å². The van der Waals surface area contributed by atoms with Crippen molar-refractivity contribution in [1.29, 1.82) is 0 Å². The fraction of sp³-hybridized carbons (Fsp3) is 0.385. The molecule has 0 aliphatic carbocycles. The Kier molecular flexibility index (Phi) is 1.65. The quantitative estimate of drug-likeness (QED) is 0.692. The average molecular weight is 336 g/mol. The van der Waals surface area contributed by atoms with Gasteiger partial charge in [0.05, 0.1) is 2.74 Å². The van der Waals surface area contributed by atoms with Gasteiger partial charge in [0.1, 0.15) is 4.90 Å². The Morgan fingerprint density at radius 1 is 1.24 bits per heavy atom. The van der Waals surface area contributed by atoms with Gasteiger partial charge < -0.3 is 9.47 Å². The molecule has 0 fully saturated rings. The van der Waals surface area contributed by atoms with E-state index in [4.69, 9.17) is 11.0 Å². The Bertz CT molecular complexity index is 921. The molecule has 0 aliphatic heterocycles. The third-order valence-electron chi connectivity index (χ3n) is 2.82. The summed E-state index contributed by atoms with van der Waals surface area (Å²) in [5.74, 6) is 0. The van der Waals surface area contributed by atoms with Gasteiger partial charge in [0.2, 0.25) is 0 Å². The molecule has 0 spiro atoms. The van der Waals surface area contributed by atoms with Crippen LogP contribution in [0.15, 0.2) is 35.4 Å². The maximum Gasteiger partial charge on any atom is 0.310 e. The molecule has 1 aromatic heterocycles. The second-order valence-electron chi connectivity index (χ2n) is 4.55. The SMILES string of the molecule is [2H]C([2H])([2H])N([C@H](C)C([2H])([2H])n1ccc2cc(S(F)(F)(F)(F)F)ccc21)C([2H])([2H])[2H]. The van der Waals surface area contributed by atoms with Crippen molar-refractivity contribution >= 4 is 21.1 Å². The third kappa shape index (κ3) is 3.49. The van der Waals surface area contributed by atoms with Crippen molar-refractivity contribution in [2.24, 2.45) is 0 Å². The van der Waals surface area contributed by atoms with Crippen molar-refractivity contribution in [2.75, 3.05) is 14.0 Å². The van der Waals surface area contributed by atoms with E-state index in [1.54, 1.807) is 0 Å². The van der Waals surface area contributed by atoms with Gasteiger partial charge in [0.15, 0.2) is 0 Å². The summed E-state index contributed by atoms with van der Waals surface area (Å²) < 4.78 is 127. The molecule has 0 bridgehead atoms. The molecule has 1 heterocycles. The zero-order valence-corrected chi connectivity index (χ0v) is 11.5. The standard InChI is InChI=1S/C13H17F5N2S/c1-10(19(2)3)9-20-7-6-11-8-12(4-5-13(11)20)21(14,15,16,17)18/h4-8,10H,9H2,1-3H3/t10-/m1/s1/i2D3,3D3,9D2. The Balaban J connectivity index is 2.62. The highest BCUT2D eigenvalue weighted by Gasteiger charge is 2.65. The number of fused-ring (bicyclic) bond motifs is 1. The van der Waals surface area contributed by atoms with Crippen LogP contribution in [0.5, 0.6) is 0 Å². The van der Waals surface area contributed by atoms with Crippen molar-refractivity contribution in [3.8, 4) is 0 Å². The first-order valence-corrected chi connectivity index (χ1v) is 7.56. The lowest BCUT2D eigenvalue weighted by Crippen LogP contribution is -2.28. The Morgan fingerprint density at radius 2 is 1.90 bits per heavy atom. The molecule has 2 nitrogen and oxygen atoms in total. The molecule has 1 atom stereocenters. The van der Waals surface area contributed by atoms with E-state index in [9.17, 15) is 19.4 Å². The smallest absolute Gasteiger partial charge is 0.310 e. The summed E-state index contributed by atoms with van der Waals surface area (Å²) in [7, 11) is -9.95. The van der Waals surface area contributed by atoms with E-state index < -0.39 is 41.6 Å². The number of benzene rings is 1. The number of aromatic nitrogens is 1. The Morgan fingerprint density at radius 3 is 2.48 bits per heavy atom.